The number of ether oxygens (including phenoxy) is 2. The van der Waals surface area contributed by atoms with Gasteiger partial charge in [-0.1, -0.05) is 13.0 Å². The average Bonchev–Trinajstić information content (AvgIpc) is 3.25. The molecule has 1 aromatic carbocycles. The Kier molecular flexibility index (Phi) is 6.71. The lowest BCUT2D eigenvalue weighted by molar-refractivity contribution is -0.00670. The fourth-order valence-corrected chi connectivity index (χ4v) is 6.19. The Hall–Kier alpha value is -3.21. The number of methoxy groups -OCH3 is 1. The van der Waals surface area contributed by atoms with Gasteiger partial charge >= 0.3 is 0 Å². The zero-order valence-corrected chi connectivity index (χ0v) is 21.4. The molecule has 1 saturated heterocycles. The largest absolute Gasteiger partial charge is 0.380 e. The highest BCUT2D eigenvalue weighted by Gasteiger charge is 2.39. The maximum absolute atomic E-state index is 15.1. The summed E-state index contributed by atoms with van der Waals surface area (Å²) in [4.78, 5) is 8.88. The van der Waals surface area contributed by atoms with Gasteiger partial charge < -0.3 is 20.5 Å². The van der Waals surface area contributed by atoms with E-state index in [0.29, 0.717) is 42.1 Å². The molecule has 1 saturated carbocycles. The highest BCUT2D eigenvalue weighted by molar-refractivity contribution is 5.72. The van der Waals surface area contributed by atoms with Crippen LogP contribution < -0.4 is 11.1 Å². The van der Waals surface area contributed by atoms with E-state index in [4.69, 9.17) is 15.2 Å². The van der Waals surface area contributed by atoms with E-state index in [1.165, 1.54) is 12.1 Å². The first kappa shape index (κ1) is 25.1. The summed E-state index contributed by atoms with van der Waals surface area (Å²) in [6.07, 6.45) is 9.37. The molecule has 6 rings (SSSR count). The standard InChI is InChI=1S/C28H32F2N6O2/c1-15-7-17(10-23(31)27(15)37-2)20-5-6-32-12-25(20)34-28-33-11-19-3-4-24(35-36(19)28)26-21(29)8-16(9-22(26)30)18-13-38-14-18/h3-6,8-9,11-12,15,17-18,20,23,25,27H,7,10,13-14,31H2,1-2H3,(H,33,34)/t15-,17+,20?,23+,25?,27-/m0/s1. The quantitative estimate of drug-likeness (QED) is 0.504. The van der Waals surface area contributed by atoms with Gasteiger partial charge in [0.05, 0.1) is 48.3 Å². The second-order valence-corrected chi connectivity index (χ2v) is 10.7. The number of imidazole rings is 1. The van der Waals surface area contributed by atoms with Crippen molar-refractivity contribution in [3.05, 3.63) is 59.9 Å². The number of nitrogens with two attached hydrogens (primary N) is 1. The molecular formula is C28H32F2N6O2. The van der Waals surface area contributed by atoms with E-state index in [9.17, 15) is 0 Å². The van der Waals surface area contributed by atoms with Crippen LogP contribution in [-0.4, -0.2) is 59.3 Å². The topological polar surface area (TPSA) is 99.1 Å². The molecule has 1 aliphatic carbocycles. The number of rotatable bonds is 6. The van der Waals surface area contributed by atoms with Crippen LogP contribution in [0.3, 0.4) is 0 Å². The Balaban J connectivity index is 1.27. The van der Waals surface area contributed by atoms with Crippen LogP contribution in [0.15, 0.2) is 47.7 Å². The lowest BCUT2D eigenvalue weighted by atomic mass is 9.70. The smallest absolute Gasteiger partial charge is 0.225 e. The molecule has 3 aliphatic rings. The van der Waals surface area contributed by atoms with Gasteiger partial charge in [0.25, 0.3) is 0 Å². The molecule has 6 atom stereocenters. The van der Waals surface area contributed by atoms with E-state index in [-0.39, 0.29) is 41.3 Å². The zero-order chi connectivity index (χ0) is 26.4. The molecule has 0 bridgehead atoms. The number of fused-ring (bicyclic) bond motifs is 1. The van der Waals surface area contributed by atoms with Crippen LogP contribution in [0.5, 0.6) is 0 Å². The second-order valence-electron chi connectivity index (χ2n) is 10.7. The zero-order valence-electron chi connectivity index (χ0n) is 21.4. The summed E-state index contributed by atoms with van der Waals surface area (Å²) < 4.78 is 42.6. The van der Waals surface area contributed by atoms with Crippen molar-refractivity contribution in [2.24, 2.45) is 28.5 Å². The molecule has 200 valence electrons. The molecule has 3 N–H and O–H groups in total. The molecular weight excluding hydrogens is 490 g/mol. The Labute approximate surface area is 219 Å². The molecule has 2 aliphatic heterocycles. The van der Waals surface area contributed by atoms with E-state index in [2.05, 4.69) is 33.4 Å². The predicted molar refractivity (Wildman–Crippen MR) is 141 cm³/mol. The lowest BCUT2D eigenvalue weighted by Gasteiger charge is -2.42. The summed E-state index contributed by atoms with van der Waals surface area (Å²) in [5.74, 6) is 0.0350. The summed E-state index contributed by atoms with van der Waals surface area (Å²) >= 11 is 0. The molecule has 3 aromatic rings. The number of nitrogens with zero attached hydrogens (tertiary/aromatic N) is 4. The van der Waals surface area contributed by atoms with Gasteiger partial charge in [-0.3, -0.25) is 4.99 Å². The Morgan fingerprint density at radius 1 is 1.16 bits per heavy atom. The van der Waals surface area contributed by atoms with Crippen molar-refractivity contribution in [1.29, 1.82) is 0 Å². The number of hydrogen-bond acceptors (Lipinski definition) is 7. The third-order valence-electron chi connectivity index (χ3n) is 8.21. The number of aliphatic imine (C=N–C) groups is 1. The summed E-state index contributed by atoms with van der Waals surface area (Å²) in [7, 11) is 1.72. The Bertz CT molecular complexity index is 1350. The Morgan fingerprint density at radius 3 is 2.63 bits per heavy atom. The molecule has 2 fully saturated rings. The summed E-state index contributed by atoms with van der Waals surface area (Å²) in [5.41, 5.74) is 7.81. The van der Waals surface area contributed by atoms with Crippen LogP contribution in [0.25, 0.3) is 16.8 Å². The van der Waals surface area contributed by atoms with E-state index in [0.717, 1.165) is 12.8 Å². The van der Waals surface area contributed by atoms with Crippen molar-refractivity contribution < 1.29 is 18.3 Å². The van der Waals surface area contributed by atoms with Crippen molar-refractivity contribution in [2.75, 3.05) is 25.6 Å². The molecule has 0 spiro atoms. The maximum atomic E-state index is 15.1. The van der Waals surface area contributed by atoms with Crippen molar-refractivity contribution >= 4 is 17.7 Å². The molecule has 0 radical (unpaired) electrons. The van der Waals surface area contributed by atoms with Gasteiger partial charge in [-0.2, -0.15) is 9.61 Å². The normalized spacial score (nSPS) is 29.5. The van der Waals surface area contributed by atoms with Crippen LogP contribution in [0.1, 0.15) is 31.2 Å². The summed E-state index contributed by atoms with van der Waals surface area (Å²) in [6.45, 7) is 3.14. The van der Waals surface area contributed by atoms with Gasteiger partial charge in [0.2, 0.25) is 5.95 Å². The monoisotopic (exact) mass is 522 g/mol. The van der Waals surface area contributed by atoms with E-state index >= 15 is 8.78 Å². The SMILES string of the molecule is CO[C@@H]1[C@H](N)C[C@H](C2C=CN=CC2Nc2ncc3ccc(-c4c(F)cc(C5COC5)cc4F)nn23)C[C@@H]1C. The first-order chi connectivity index (χ1) is 18.4. The van der Waals surface area contributed by atoms with Crippen LogP contribution in [0.2, 0.25) is 0 Å². The molecule has 2 aromatic heterocycles. The minimum absolute atomic E-state index is 0.0224. The minimum Gasteiger partial charge on any atom is -0.380 e. The fraction of sp³-hybridized carbons (Fsp3) is 0.464. The number of benzene rings is 1. The number of anilines is 1. The first-order valence-electron chi connectivity index (χ1n) is 13.1. The third kappa shape index (κ3) is 4.50. The Morgan fingerprint density at radius 2 is 1.95 bits per heavy atom. The van der Waals surface area contributed by atoms with Crippen molar-refractivity contribution in [3.63, 3.8) is 0 Å². The third-order valence-corrected chi connectivity index (χ3v) is 8.21. The van der Waals surface area contributed by atoms with Crippen LogP contribution in [-0.2, 0) is 9.47 Å². The van der Waals surface area contributed by atoms with Crippen molar-refractivity contribution in [3.8, 4) is 11.3 Å². The van der Waals surface area contributed by atoms with Crippen molar-refractivity contribution in [1.82, 2.24) is 14.6 Å². The maximum Gasteiger partial charge on any atom is 0.225 e. The number of halogens is 2. The second kappa shape index (κ2) is 10.2. The van der Waals surface area contributed by atoms with E-state index in [1.807, 2.05) is 12.4 Å². The van der Waals surface area contributed by atoms with Crippen LogP contribution >= 0.6 is 0 Å². The van der Waals surface area contributed by atoms with Crippen LogP contribution in [0.4, 0.5) is 14.7 Å². The lowest BCUT2D eigenvalue weighted by Crippen LogP contribution is -2.49. The minimum atomic E-state index is -0.643. The van der Waals surface area contributed by atoms with Gasteiger partial charge in [0, 0.05) is 37.4 Å². The highest BCUT2D eigenvalue weighted by Crippen LogP contribution is 2.38. The molecule has 2 unspecified atom stereocenters. The number of hydrogen-bond donors (Lipinski definition) is 2. The predicted octanol–water partition coefficient (Wildman–Crippen LogP) is 4.17. The van der Waals surface area contributed by atoms with E-state index in [1.54, 1.807) is 30.0 Å². The molecule has 4 heterocycles. The highest BCUT2D eigenvalue weighted by atomic mass is 19.1. The molecule has 38 heavy (non-hydrogen) atoms. The van der Waals surface area contributed by atoms with Gasteiger partial charge in [-0.25, -0.2) is 13.8 Å². The van der Waals surface area contributed by atoms with Gasteiger partial charge in [0.15, 0.2) is 0 Å². The van der Waals surface area contributed by atoms with E-state index < -0.39 is 11.6 Å². The summed E-state index contributed by atoms with van der Waals surface area (Å²) in [6, 6.07) is 5.95. The molecule has 8 nitrogen and oxygen atoms in total. The van der Waals surface area contributed by atoms with Gasteiger partial charge in [-0.05, 0) is 54.5 Å². The van der Waals surface area contributed by atoms with Crippen LogP contribution in [0, 0.1) is 29.4 Å². The first-order valence-corrected chi connectivity index (χ1v) is 13.1. The van der Waals surface area contributed by atoms with Crippen molar-refractivity contribution in [2.45, 2.75) is 43.9 Å². The number of nitrogens with one attached hydrogen (secondary N) is 1. The molecule has 0 amide bonds. The average molecular weight is 523 g/mol. The fourth-order valence-electron chi connectivity index (χ4n) is 6.19. The molecule has 10 heteroatoms. The summed E-state index contributed by atoms with van der Waals surface area (Å²) in [5, 5.41) is 8.04. The van der Waals surface area contributed by atoms with Gasteiger partial charge in [-0.15, -0.1) is 0 Å². The number of aromatic nitrogens is 3. The van der Waals surface area contributed by atoms with Gasteiger partial charge in [0.1, 0.15) is 11.6 Å².